The van der Waals surface area contributed by atoms with Crippen LogP contribution in [0.2, 0.25) is 5.02 Å². The Hall–Kier alpha value is -2.34. The van der Waals surface area contributed by atoms with Crippen molar-refractivity contribution in [3.63, 3.8) is 0 Å². The predicted molar refractivity (Wildman–Crippen MR) is 82.2 cm³/mol. The fourth-order valence-corrected chi connectivity index (χ4v) is 1.87. The van der Waals surface area contributed by atoms with E-state index in [-0.39, 0.29) is 11.6 Å². The van der Waals surface area contributed by atoms with Gasteiger partial charge in [0.15, 0.2) is 5.69 Å². The monoisotopic (exact) mass is 306 g/mol. The normalized spacial score (nSPS) is 10.0. The average Bonchev–Trinajstić information content (AvgIpc) is 2.48. The molecular weight excluding hydrogens is 292 g/mol. The van der Waals surface area contributed by atoms with Crippen LogP contribution in [0.3, 0.4) is 0 Å². The van der Waals surface area contributed by atoms with Crippen LogP contribution in [-0.4, -0.2) is 29.8 Å². The molecule has 0 saturated carbocycles. The van der Waals surface area contributed by atoms with Crippen LogP contribution < -0.4 is 15.4 Å². The number of nitrogens with one attached hydrogen (secondary N) is 2. The summed E-state index contributed by atoms with van der Waals surface area (Å²) in [5, 5.41) is 14.0. The summed E-state index contributed by atoms with van der Waals surface area (Å²) in [4.78, 5) is 12.1. The van der Waals surface area contributed by atoms with Crippen LogP contribution in [0.4, 0.5) is 11.5 Å². The van der Waals surface area contributed by atoms with Crippen LogP contribution in [0.15, 0.2) is 30.3 Å². The minimum atomic E-state index is -0.383. The van der Waals surface area contributed by atoms with E-state index in [2.05, 4.69) is 20.8 Å². The molecule has 0 aliphatic rings. The van der Waals surface area contributed by atoms with Gasteiger partial charge in [0.05, 0.1) is 12.8 Å². The lowest BCUT2D eigenvalue weighted by Crippen LogP contribution is -2.15. The number of anilines is 2. The highest BCUT2D eigenvalue weighted by Gasteiger charge is 2.12. The molecule has 0 radical (unpaired) electrons. The molecule has 6 nitrogen and oxygen atoms in total. The lowest BCUT2D eigenvalue weighted by atomic mass is 10.2. The fourth-order valence-electron chi connectivity index (χ4n) is 1.69. The van der Waals surface area contributed by atoms with E-state index in [0.29, 0.717) is 22.3 Å². The van der Waals surface area contributed by atoms with E-state index in [4.69, 9.17) is 16.3 Å². The summed E-state index contributed by atoms with van der Waals surface area (Å²) in [7, 11) is 1.52. The number of hydrogen-bond donors (Lipinski definition) is 2. The summed E-state index contributed by atoms with van der Waals surface area (Å²) >= 11 is 5.92. The molecule has 7 heteroatoms. The molecule has 1 aromatic heterocycles. The van der Waals surface area contributed by atoms with Gasteiger partial charge in [-0.05, 0) is 37.3 Å². The Morgan fingerprint density at radius 1 is 1.29 bits per heavy atom. The quantitative estimate of drug-likeness (QED) is 0.888. The second kappa shape index (κ2) is 6.90. The van der Waals surface area contributed by atoms with E-state index in [9.17, 15) is 4.79 Å². The van der Waals surface area contributed by atoms with E-state index < -0.39 is 0 Å². The number of ether oxygens (including phenoxy) is 1. The van der Waals surface area contributed by atoms with Crippen molar-refractivity contribution >= 4 is 29.0 Å². The Morgan fingerprint density at radius 3 is 2.71 bits per heavy atom. The van der Waals surface area contributed by atoms with E-state index in [0.717, 1.165) is 6.54 Å². The number of carbonyl (C=O) groups is 1. The van der Waals surface area contributed by atoms with Gasteiger partial charge in [-0.3, -0.25) is 4.79 Å². The van der Waals surface area contributed by atoms with Gasteiger partial charge in [0.25, 0.3) is 5.91 Å². The maximum atomic E-state index is 12.1. The first kappa shape index (κ1) is 15.1. The predicted octanol–water partition coefficient (Wildman–Crippen LogP) is 2.82. The van der Waals surface area contributed by atoms with Gasteiger partial charge in [-0.2, -0.15) is 0 Å². The third-order valence-corrected chi connectivity index (χ3v) is 2.90. The van der Waals surface area contributed by atoms with Gasteiger partial charge in [-0.25, -0.2) is 0 Å². The first-order chi connectivity index (χ1) is 10.1. The molecule has 0 atom stereocenters. The Balaban J connectivity index is 2.15. The first-order valence-corrected chi connectivity index (χ1v) is 6.74. The van der Waals surface area contributed by atoms with Gasteiger partial charge in [0, 0.05) is 11.6 Å². The van der Waals surface area contributed by atoms with Crippen molar-refractivity contribution in [2.75, 3.05) is 24.3 Å². The van der Waals surface area contributed by atoms with Crippen molar-refractivity contribution in [2.24, 2.45) is 0 Å². The fraction of sp³-hybridized carbons (Fsp3) is 0.214. The van der Waals surface area contributed by atoms with E-state index in [1.807, 2.05) is 6.92 Å². The number of amides is 1. The summed E-state index contributed by atoms with van der Waals surface area (Å²) in [5.41, 5.74) is 0.686. The van der Waals surface area contributed by atoms with Crippen LogP contribution in [0.5, 0.6) is 5.75 Å². The van der Waals surface area contributed by atoms with Crippen molar-refractivity contribution in [2.45, 2.75) is 6.92 Å². The van der Waals surface area contributed by atoms with Gasteiger partial charge in [0.2, 0.25) is 0 Å². The van der Waals surface area contributed by atoms with Crippen molar-refractivity contribution in [3.8, 4) is 5.75 Å². The highest BCUT2D eigenvalue weighted by Crippen LogP contribution is 2.27. The second-order valence-corrected chi connectivity index (χ2v) is 4.57. The van der Waals surface area contributed by atoms with E-state index in [1.54, 1.807) is 30.3 Å². The lowest BCUT2D eigenvalue weighted by Gasteiger charge is -2.10. The lowest BCUT2D eigenvalue weighted by molar-refractivity contribution is 0.102. The van der Waals surface area contributed by atoms with Crippen molar-refractivity contribution in [3.05, 3.63) is 41.0 Å². The molecule has 0 aliphatic carbocycles. The number of hydrogen-bond acceptors (Lipinski definition) is 5. The summed E-state index contributed by atoms with van der Waals surface area (Å²) in [6, 6.07) is 8.26. The molecule has 110 valence electrons. The maximum absolute atomic E-state index is 12.1. The highest BCUT2D eigenvalue weighted by molar-refractivity contribution is 6.31. The third kappa shape index (κ3) is 3.82. The molecule has 1 amide bonds. The molecule has 0 unspecified atom stereocenters. The van der Waals surface area contributed by atoms with Crippen LogP contribution in [0.1, 0.15) is 17.4 Å². The number of carbonyl (C=O) groups excluding carboxylic acids is 1. The van der Waals surface area contributed by atoms with Crippen molar-refractivity contribution in [1.29, 1.82) is 0 Å². The molecule has 0 fully saturated rings. The largest absolute Gasteiger partial charge is 0.495 e. The molecule has 21 heavy (non-hydrogen) atoms. The van der Waals surface area contributed by atoms with Gasteiger partial charge >= 0.3 is 0 Å². The Labute approximate surface area is 127 Å². The molecule has 2 N–H and O–H groups in total. The van der Waals surface area contributed by atoms with Crippen LogP contribution in [-0.2, 0) is 0 Å². The minimum absolute atomic E-state index is 0.207. The zero-order valence-electron chi connectivity index (χ0n) is 11.7. The summed E-state index contributed by atoms with van der Waals surface area (Å²) in [6.07, 6.45) is 0. The van der Waals surface area contributed by atoms with Crippen molar-refractivity contribution in [1.82, 2.24) is 10.2 Å². The Kier molecular flexibility index (Phi) is 4.94. The van der Waals surface area contributed by atoms with Crippen LogP contribution in [0, 0.1) is 0 Å². The van der Waals surface area contributed by atoms with Crippen LogP contribution in [0.25, 0.3) is 0 Å². The molecule has 2 aromatic rings. The van der Waals surface area contributed by atoms with Gasteiger partial charge in [-0.15, -0.1) is 10.2 Å². The number of nitrogens with zero attached hydrogens (tertiary/aromatic N) is 2. The number of methoxy groups -OCH3 is 1. The minimum Gasteiger partial charge on any atom is -0.495 e. The van der Waals surface area contributed by atoms with Gasteiger partial charge in [-0.1, -0.05) is 11.6 Å². The zero-order chi connectivity index (χ0) is 15.2. The molecule has 0 saturated heterocycles. The molecular formula is C14H15ClN4O2. The van der Waals surface area contributed by atoms with E-state index >= 15 is 0 Å². The van der Waals surface area contributed by atoms with E-state index in [1.165, 1.54) is 7.11 Å². The summed E-state index contributed by atoms with van der Waals surface area (Å²) in [5.74, 6) is 0.755. The molecule has 1 aromatic carbocycles. The molecule has 0 bridgehead atoms. The molecule has 2 rings (SSSR count). The van der Waals surface area contributed by atoms with Gasteiger partial charge < -0.3 is 15.4 Å². The number of benzene rings is 1. The van der Waals surface area contributed by atoms with Crippen LogP contribution >= 0.6 is 11.6 Å². The molecule has 1 heterocycles. The SMILES string of the molecule is CCNc1ccc(C(=O)Nc2cc(Cl)ccc2OC)nn1. The van der Waals surface area contributed by atoms with Crippen molar-refractivity contribution < 1.29 is 9.53 Å². The van der Waals surface area contributed by atoms with Gasteiger partial charge in [0.1, 0.15) is 11.6 Å². The Morgan fingerprint density at radius 2 is 2.10 bits per heavy atom. The average molecular weight is 307 g/mol. The summed E-state index contributed by atoms with van der Waals surface area (Å²) < 4.78 is 5.17. The second-order valence-electron chi connectivity index (χ2n) is 4.13. The summed E-state index contributed by atoms with van der Waals surface area (Å²) in [6.45, 7) is 2.69. The maximum Gasteiger partial charge on any atom is 0.276 e. The third-order valence-electron chi connectivity index (χ3n) is 2.66. The molecule has 0 aliphatic heterocycles. The number of halogens is 1. The first-order valence-electron chi connectivity index (χ1n) is 6.36. The smallest absolute Gasteiger partial charge is 0.276 e. The number of rotatable bonds is 5. The molecule has 0 spiro atoms. The Bertz CT molecular complexity index is 631. The zero-order valence-corrected chi connectivity index (χ0v) is 12.4. The number of aromatic nitrogens is 2. The topological polar surface area (TPSA) is 76.1 Å². The standard InChI is InChI=1S/C14H15ClN4O2/c1-3-16-13-7-5-10(18-19-13)14(20)17-11-8-9(15)4-6-12(11)21-2/h4-8H,3H2,1-2H3,(H,16,19)(H,17,20). The highest BCUT2D eigenvalue weighted by atomic mass is 35.5.